The van der Waals surface area contributed by atoms with Crippen molar-refractivity contribution in [3.63, 3.8) is 0 Å². The van der Waals surface area contributed by atoms with Gasteiger partial charge in [0, 0.05) is 29.8 Å². The van der Waals surface area contributed by atoms with Crippen LogP contribution in [-0.2, 0) is 19.4 Å². The second-order valence-electron chi connectivity index (χ2n) is 5.95. The van der Waals surface area contributed by atoms with Gasteiger partial charge in [0.15, 0.2) is 17.3 Å². The number of aryl methyl sites for hydroxylation is 2. The lowest BCUT2D eigenvalue weighted by atomic mass is 10.1. The van der Waals surface area contributed by atoms with Crippen molar-refractivity contribution in [2.45, 2.75) is 33.2 Å². The standard InChI is InChI=1S/C19H17FN4O3/c1-3-11-9-22-17(4-2)24(19(11)26)10-14-7-16(27-23-14)12-5-13(8-21)18(20)15(25)6-12/h5-7,9,25H,3-4,10H2,1-2H3. The first-order valence-corrected chi connectivity index (χ1v) is 8.44. The van der Waals surface area contributed by atoms with Crippen LogP contribution in [0.2, 0.25) is 0 Å². The third kappa shape index (κ3) is 3.44. The first-order chi connectivity index (χ1) is 13.0. The molecule has 2 aromatic heterocycles. The molecule has 0 aliphatic rings. The fraction of sp³-hybridized carbons (Fsp3) is 0.263. The minimum absolute atomic E-state index is 0.125. The van der Waals surface area contributed by atoms with E-state index in [1.165, 1.54) is 6.07 Å². The molecule has 0 radical (unpaired) electrons. The first-order valence-electron chi connectivity index (χ1n) is 8.44. The number of halogens is 1. The Kier molecular flexibility index (Phi) is 5.03. The molecule has 0 unspecified atom stereocenters. The van der Waals surface area contributed by atoms with E-state index in [1.54, 1.807) is 22.9 Å². The lowest BCUT2D eigenvalue weighted by Crippen LogP contribution is -2.28. The van der Waals surface area contributed by atoms with Gasteiger partial charge in [-0.3, -0.25) is 9.36 Å². The second kappa shape index (κ2) is 7.41. The number of hydrogen-bond acceptors (Lipinski definition) is 6. The van der Waals surface area contributed by atoms with Gasteiger partial charge < -0.3 is 9.63 Å². The number of aromatic hydroxyl groups is 1. The van der Waals surface area contributed by atoms with Crippen LogP contribution in [0, 0.1) is 17.1 Å². The van der Waals surface area contributed by atoms with Crippen molar-refractivity contribution < 1.29 is 14.0 Å². The van der Waals surface area contributed by atoms with E-state index in [0.717, 1.165) is 6.07 Å². The van der Waals surface area contributed by atoms with Crippen LogP contribution >= 0.6 is 0 Å². The molecule has 0 fully saturated rings. The van der Waals surface area contributed by atoms with Crippen molar-refractivity contribution in [3.05, 3.63) is 63.2 Å². The summed E-state index contributed by atoms with van der Waals surface area (Å²) in [7, 11) is 0. The quantitative estimate of drug-likeness (QED) is 0.742. The lowest BCUT2D eigenvalue weighted by Gasteiger charge is -2.10. The van der Waals surface area contributed by atoms with E-state index in [-0.39, 0.29) is 23.4 Å². The molecule has 0 spiro atoms. The molecule has 0 amide bonds. The number of aromatic nitrogens is 3. The maximum Gasteiger partial charge on any atom is 0.257 e. The van der Waals surface area contributed by atoms with Crippen molar-refractivity contribution in [2.24, 2.45) is 0 Å². The van der Waals surface area contributed by atoms with Crippen LogP contribution in [0.15, 0.2) is 33.7 Å². The van der Waals surface area contributed by atoms with E-state index in [9.17, 15) is 14.3 Å². The predicted molar refractivity (Wildman–Crippen MR) is 94.6 cm³/mol. The van der Waals surface area contributed by atoms with Gasteiger partial charge in [0.05, 0.1) is 12.1 Å². The summed E-state index contributed by atoms with van der Waals surface area (Å²) in [4.78, 5) is 16.9. The van der Waals surface area contributed by atoms with Crippen LogP contribution in [0.5, 0.6) is 5.75 Å². The van der Waals surface area contributed by atoms with Gasteiger partial charge in [0.25, 0.3) is 5.56 Å². The third-order valence-corrected chi connectivity index (χ3v) is 4.24. The zero-order valence-corrected chi connectivity index (χ0v) is 14.9. The van der Waals surface area contributed by atoms with Crippen LogP contribution in [0.1, 0.15) is 36.5 Å². The molecule has 3 rings (SSSR count). The smallest absolute Gasteiger partial charge is 0.257 e. The molecule has 1 aromatic carbocycles. The Hall–Kier alpha value is -3.47. The minimum atomic E-state index is -0.984. The van der Waals surface area contributed by atoms with E-state index in [2.05, 4.69) is 10.1 Å². The Morgan fingerprint density at radius 1 is 1.30 bits per heavy atom. The van der Waals surface area contributed by atoms with Crippen LogP contribution < -0.4 is 5.56 Å². The lowest BCUT2D eigenvalue weighted by molar-refractivity contribution is 0.417. The topological polar surface area (TPSA) is 105 Å². The summed E-state index contributed by atoms with van der Waals surface area (Å²) >= 11 is 0. The molecule has 0 bridgehead atoms. The van der Waals surface area contributed by atoms with Crippen LogP contribution in [0.3, 0.4) is 0 Å². The van der Waals surface area contributed by atoms with Gasteiger partial charge in [-0.1, -0.05) is 19.0 Å². The Bertz CT molecular complexity index is 1100. The zero-order valence-electron chi connectivity index (χ0n) is 14.9. The number of phenolic OH excluding ortho intramolecular Hbond substituents is 1. The molecule has 0 saturated heterocycles. The first kappa shape index (κ1) is 18.3. The number of phenols is 1. The molecule has 8 heteroatoms. The number of hydrogen-bond donors (Lipinski definition) is 1. The van der Waals surface area contributed by atoms with E-state index in [0.29, 0.717) is 35.5 Å². The molecule has 0 saturated carbocycles. The summed E-state index contributed by atoms with van der Waals surface area (Å²) < 4.78 is 20.4. The van der Waals surface area contributed by atoms with Gasteiger partial charge in [0.1, 0.15) is 17.6 Å². The minimum Gasteiger partial charge on any atom is -0.505 e. The molecule has 27 heavy (non-hydrogen) atoms. The highest BCUT2D eigenvalue weighted by molar-refractivity contribution is 5.63. The number of nitrogens with zero attached hydrogens (tertiary/aromatic N) is 4. The Morgan fingerprint density at radius 2 is 2.07 bits per heavy atom. The average molecular weight is 368 g/mol. The summed E-state index contributed by atoms with van der Waals surface area (Å²) in [6.45, 7) is 3.96. The average Bonchev–Trinajstić information content (AvgIpc) is 3.14. The Labute approximate surface area is 154 Å². The fourth-order valence-corrected chi connectivity index (χ4v) is 2.77. The molecular formula is C19H17FN4O3. The molecule has 0 atom stereocenters. The largest absolute Gasteiger partial charge is 0.505 e. The van der Waals surface area contributed by atoms with E-state index in [1.807, 2.05) is 13.8 Å². The van der Waals surface area contributed by atoms with Gasteiger partial charge in [-0.15, -0.1) is 0 Å². The van der Waals surface area contributed by atoms with Crippen molar-refractivity contribution in [1.82, 2.24) is 14.7 Å². The Morgan fingerprint density at radius 3 is 2.74 bits per heavy atom. The van der Waals surface area contributed by atoms with E-state index >= 15 is 0 Å². The van der Waals surface area contributed by atoms with Crippen molar-refractivity contribution in [3.8, 4) is 23.1 Å². The normalized spacial score (nSPS) is 10.7. The molecule has 138 valence electrons. The van der Waals surface area contributed by atoms with Gasteiger partial charge in [-0.2, -0.15) is 5.26 Å². The summed E-state index contributed by atoms with van der Waals surface area (Å²) in [5, 5.41) is 22.5. The zero-order chi connectivity index (χ0) is 19.6. The van der Waals surface area contributed by atoms with Gasteiger partial charge in [0.2, 0.25) is 0 Å². The number of benzene rings is 1. The van der Waals surface area contributed by atoms with Crippen molar-refractivity contribution >= 4 is 0 Å². The molecule has 1 N–H and O–H groups in total. The van der Waals surface area contributed by atoms with Crippen LogP contribution in [-0.4, -0.2) is 19.8 Å². The summed E-state index contributed by atoms with van der Waals surface area (Å²) in [5.74, 6) is -0.746. The Balaban J connectivity index is 1.98. The van der Waals surface area contributed by atoms with E-state index < -0.39 is 11.6 Å². The maximum absolute atomic E-state index is 13.6. The molecule has 2 heterocycles. The molecule has 0 aliphatic carbocycles. The van der Waals surface area contributed by atoms with E-state index in [4.69, 9.17) is 9.78 Å². The van der Waals surface area contributed by atoms with Gasteiger partial charge in [-0.05, 0) is 18.6 Å². The van der Waals surface area contributed by atoms with Crippen molar-refractivity contribution in [2.75, 3.05) is 0 Å². The van der Waals surface area contributed by atoms with Crippen molar-refractivity contribution in [1.29, 1.82) is 5.26 Å². The summed E-state index contributed by atoms with van der Waals surface area (Å²) in [5.41, 5.74) is 0.970. The number of rotatable bonds is 5. The second-order valence-corrected chi connectivity index (χ2v) is 5.95. The maximum atomic E-state index is 13.6. The summed E-state index contributed by atoms with van der Waals surface area (Å²) in [6, 6.07) is 5.68. The highest BCUT2D eigenvalue weighted by atomic mass is 19.1. The molecule has 7 nitrogen and oxygen atoms in total. The molecule has 3 aromatic rings. The predicted octanol–water partition coefficient (Wildman–Crippen LogP) is 2.79. The van der Waals surface area contributed by atoms with Gasteiger partial charge >= 0.3 is 0 Å². The van der Waals surface area contributed by atoms with Crippen LogP contribution in [0.4, 0.5) is 4.39 Å². The molecule has 0 aliphatic heterocycles. The van der Waals surface area contributed by atoms with Gasteiger partial charge in [-0.25, -0.2) is 9.37 Å². The number of nitriles is 1. The third-order valence-electron chi connectivity index (χ3n) is 4.24. The van der Waals surface area contributed by atoms with Crippen LogP contribution in [0.25, 0.3) is 11.3 Å². The monoisotopic (exact) mass is 368 g/mol. The highest BCUT2D eigenvalue weighted by Crippen LogP contribution is 2.29. The highest BCUT2D eigenvalue weighted by Gasteiger charge is 2.16. The fourth-order valence-electron chi connectivity index (χ4n) is 2.77. The molecular weight excluding hydrogens is 351 g/mol. The SMILES string of the molecule is CCc1cnc(CC)n(Cc2cc(-c3cc(O)c(F)c(C#N)c3)on2)c1=O. The summed E-state index contributed by atoms with van der Waals surface area (Å²) in [6.07, 6.45) is 2.75.